The zero-order valence-corrected chi connectivity index (χ0v) is 11.2. The Hall–Kier alpha value is -2.91. The van der Waals surface area contributed by atoms with Gasteiger partial charge < -0.3 is 4.74 Å². The van der Waals surface area contributed by atoms with Crippen LogP contribution in [0.4, 0.5) is 13.2 Å². The van der Waals surface area contributed by atoms with Crippen LogP contribution in [-0.4, -0.2) is 37.5 Å². The molecule has 0 spiro atoms. The van der Waals surface area contributed by atoms with E-state index in [0.717, 1.165) is 6.20 Å². The number of hydrogen-bond donors (Lipinski definition) is 1. The highest BCUT2D eigenvalue weighted by Gasteiger charge is 2.37. The molecule has 0 aliphatic rings. The minimum atomic E-state index is -4.58. The number of methoxy groups -OCH3 is 1. The first-order chi connectivity index (χ1) is 10.5. The Labute approximate surface area is 121 Å². The van der Waals surface area contributed by atoms with E-state index in [9.17, 15) is 13.2 Å². The molecule has 0 saturated carbocycles. The van der Waals surface area contributed by atoms with Gasteiger partial charge in [-0.2, -0.15) is 23.0 Å². The summed E-state index contributed by atoms with van der Waals surface area (Å²) in [6, 6.07) is 6.57. The average molecular weight is 310 g/mol. The Morgan fingerprint density at radius 3 is 2.55 bits per heavy atom. The van der Waals surface area contributed by atoms with Gasteiger partial charge in [-0.3, -0.25) is 5.10 Å². The lowest BCUT2D eigenvalue weighted by atomic mass is 10.2. The van der Waals surface area contributed by atoms with Crippen molar-refractivity contribution in [3.63, 3.8) is 0 Å². The van der Waals surface area contributed by atoms with E-state index in [1.807, 2.05) is 5.10 Å². The monoisotopic (exact) mass is 310 g/mol. The average Bonchev–Trinajstić information content (AvgIpc) is 3.15. The van der Waals surface area contributed by atoms with Gasteiger partial charge in [0.1, 0.15) is 5.75 Å². The number of nitrogens with one attached hydrogen (secondary N) is 1. The van der Waals surface area contributed by atoms with Gasteiger partial charge in [0.05, 0.1) is 24.6 Å². The summed E-state index contributed by atoms with van der Waals surface area (Å²) in [5, 5.41) is 16.2. The van der Waals surface area contributed by atoms with Gasteiger partial charge in [0.2, 0.25) is 0 Å². The Morgan fingerprint density at radius 1 is 1.18 bits per heavy atom. The van der Waals surface area contributed by atoms with Gasteiger partial charge in [0.25, 0.3) is 0 Å². The molecule has 0 fully saturated rings. The molecule has 0 aliphatic carbocycles. The molecule has 0 saturated heterocycles. The zero-order valence-electron chi connectivity index (χ0n) is 11.2. The predicted octanol–water partition coefficient (Wildman–Crippen LogP) is 2.08. The number of halogens is 3. The summed E-state index contributed by atoms with van der Waals surface area (Å²) >= 11 is 0. The van der Waals surface area contributed by atoms with Crippen molar-refractivity contribution in [1.82, 2.24) is 30.4 Å². The standard InChI is InChI=1S/C12H9F3N6O/c1-22-8-4-2-7(3-5-8)21-11(18-19-20-21)9-6-16-17-10(9)12(13,14)15/h2-6H,1H3,(H,16,17). The second kappa shape index (κ2) is 5.13. The van der Waals surface area contributed by atoms with E-state index in [-0.39, 0.29) is 11.4 Å². The van der Waals surface area contributed by atoms with Crippen molar-refractivity contribution < 1.29 is 17.9 Å². The molecule has 1 aromatic carbocycles. The molecule has 3 aromatic rings. The molecule has 1 N–H and O–H groups in total. The van der Waals surface area contributed by atoms with Gasteiger partial charge in [0, 0.05) is 0 Å². The number of H-pyrrole nitrogens is 1. The summed E-state index contributed by atoms with van der Waals surface area (Å²) in [4.78, 5) is 0. The van der Waals surface area contributed by atoms with Crippen LogP contribution in [0, 0.1) is 0 Å². The maximum absolute atomic E-state index is 12.9. The van der Waals surface area contributed by atoms with E-state index < -0.39 is 11.9 Å². The number of hydrogen-bond acceptors (Lipinski definition) is 5. The Kier molecular flexibility index (Phi) is 3.28. The van der Waals surface area contributed by atoms with Gasteiger partial charge in [-0.05, 0) is 34.7 Å². The lowest BCUT2D eigenvalue weighted by Crippen LogP contribution is -2.09. The molecule has 0 amide bonds. The van der Waals surface area contributed by atoms with Crippen LogP contribution in [0.2, 0.25) is 0 Å². The molecule has 22 heavy (non-hydrogen) atoms. The summed E-state index contributed by atoms with van der Waals surface area (Å²) in [5.41, 5.74) is -0.736. The maximum Gasteiger partial charge on any atom is 0.433 e. The Balaban J connectivity index is 2.08. The highest BCUT2D eigenvalue weighted by molar-refractivity contribution is 5.60. The first-order valence-electron chi connectivity index (χ1n) is 6.04. The molecule has 0 unspecified atom stereocenters. The van der Waals surface area contributed by atoms with Gasteiger partial charge in [0.15, 0.2) is 11.5 Å². The zero-order chi connectivity index (χ0) is 15.7. The van der Waals surface area contributed by atoms with E-state index in [4.69, 9.17) is 4.74 Å². The normalized spacial score (nSPS) is 11.6. The molecule has 7 nitrogen and oxygen atoms in total. The minimum absolute atomic E-state index is 0.0637. The molecule has 0 atom stereocenters. The first-order valence-corrected chi connectivity index (χ1v) is 6.04. The second-order valence-corrected chi connectivity index (χ2v) is 4.27. The van der Waals surface area contributed by atoms with E-state index in [2.05, 4.69) is 20.6 Å². The summed E-state index contributed by atoms with van der Waals surface area (Å²) < 4.78 is 45.0. The number of tetrazole rings is 1. The molecular formula is C12H9F3N6O. The molecular weight excluding hydrogens is 301 g/mol. The van der Waals surface area contributed by atoms with Crippen LogP contribution >= 0.6 is 0 Å². The molecule has 2 heterocycles. The van der Waals surface area contributed by atoms with Crippen LogP contribution < -0.4 is 4.74 Å². The number of rotatable bonds is 3. The number of alkyl halides is 3. The van der Waals surface area contributed by atoms with Crippen LogP contribution in [0.5, 0.6) is 5.75 Å². The van der Waals surface area contributed by atoms with Crippen molar-refractivity contribution in [1.29, 1.82) is 0 Å². The van der Waals surface area contributed by atoms with Crippen LogP contribution in [0.3, 0.4) is 0 Å². The van der Waals surface area contributed by atoms with Crippen molar-refractivity contribution in [2.24, 2.45) is 0 Å². The largest absolute Gasteiger partial charge is 0.497 e. The molecule has 114 valence electrons. The summed E-state index contributed by atoms with van der Waals surface area (Å²) in [6.07, 6.45) is -3.54. The number of ether oxygens (including phenoxy) is 1. The van der Waals surface area contributed by atoms with E-state index in [0.29, 0.717) is 11.4 Å². The van der Waals surface area contributed by atoms with Crippen molar-refractivity contribution in [3.05, 3.63) is 36.2 Å². The minimum Gasteiger partial charge on any atom is -0.497 e. The van der Waals surface area contributed by atoms with Gasteiger partial charge in [-0.1, -0.05) is 0 Å². The highest BCUT2D eigenvalue weighted by Crippen LogP contribution is 2.34. The number of nitrogens with zero attached hydrogens (tertiary/aromatic N) is 5. The Bertz CT molecular complexity index is 777. The molecule has 0 radical (unpaired) electrons. The molecule has 0 aliphatic heterocycles. The second-order valence-electron chi connectivity index (χ2n) is 4.27. The molecule has 3 rings (SSSR count). The quantitative estimate of drug-likeness (QED) is 0.801. The molecule has 0 bridgehead atoms. The molecule has 10 heteroatoms. The fourth-order valence-electron chi connectivity index (χ4n) is 1.92. The smallest absolute Gasteiger partial charge is 0.433 e. The van der Waals surface area contributed by atoms with Crippen molar-refractivity contribution in [3.8, 4) is 22.8 Å². The van der Waals surface area contributed by atoms with Crippen molar-refractivity contribution >= 4 is 0 Å². The van der Waals surface area contributed by atoms with Gasteiger partial charge in [-0.25, -0.2) is 0 Å². The van der Waals surface area contributed by atoms with E-state index >= 15 is 0 Å². The third-order valence-corrected chi connectivity index (χ3v) is 2.95. The summed E-state index contributed by atoms with van der Waals surface area (Å²) in [5.74, 6) is 0.545. The lowest BCUT2D eigenvalue weighted by molar-refractivity contribution is -0.140. The van der Waals surface area contributed by atoms with Crippen LogP contribution in [-0.2, 0) is 6.18 Å². The fraction of sp³-hybridized carbons (Fsp3) is 0.167. The number of benzene rings is 1. The topological polar surface area (TPSA) is 81.5 Å². The van der Waals surface area contributed by atoms with E-state index in [1.54, 1.807) is 24.3 Å². The molecule has 2 aromatic heterocycles. The predicted molar refractivity (Wildman–Crippen MR) is 68.3 cm³/mol. The Morgan fingerprint density at radius 2 is 1.91 bits per heavy atom. The summed E-state index contributed by atoms with van der Waals surface area (Å²) in [6.45, 7) is 0. The van der Waals surface area contributed by atoms with E-state index in [1.165, 1.54) is 11.8 Å². The van der Waals surface area contributed by atoms with Crippen LogP contribution in [0.15, 0.2) is 30.5 Å². The van der Waals surface area contributed by atoms with Gasteiger partial charge in [-0.15, -0.1) is 5.10 Å². The van der Waals surface area contributed by atoms with Crippen LogP contribution in [0.1, 0.15) is 5.69 Å². The first kappa shape index (κ1) is 14.0. The van der Waals surface area contributed by atoms with Crippen molar-refractivity contribution in [2.75, 3.05) is 7.11 Å². The SMILES string of the molecule is COc1ccc(-n2nnnc2-c2cn[nH]c2C(F)(F)F)cc1. The number of aromatic amines is 1. The fourth-order valence-corrected chi connectivity index (χ4v) is 1.92. The summed E-state index contributed by atoms with van der Waals surface area (Å²) in [7, 11) is 1.51. The maximum atomic E-state index is 12.9. The highest BCUT2D eigenvalue weighted by atomic mass is 19.4. The third kappa shape index (κ3) is 2.38. The van der Waals surface area contributed by atoms with Gasteiger partial charge >= 0.3 is 6.18 Å². The van der Waals surface area contributed by atoms with Crippen molar-refractivity contribution in [2.45, 2.75) is 6.18 Å². The van der Waals surface area contributed by atoms with Crippen LogP contribution in [0.25, 0.3) is 17.1 Å². The lowest BCUT2D eigenvalue weighted by Gasteiger charge is -2.08. The number of aromatic nitrogens is 6. The third-order valence-electron chi connectivity index (χ3n) is 2.95.